The fraction of sp³-hybridized carbons (Fsp3) is 0.462. The summed E-state index contributed by atoms with van der Waals surface area (Å²) in [4.78, 5) is 11.4. The first-order valence-corrected chi connectivity index (χ1v) is 6.11. The molecule has 1 fully saturated rings. The van der Waals surface area contributed by atoms with Crippen molar-refractivity contribution in [3.63, 3.8) is 0 Å². The predicted molar refractivity (Wildman–Crippen MR) is 74.5 cm³/mol. The third kappa shape index (κ3) is 5.92. The van der Waals surface area contributed by atoms with Crippen LogP contribution in [-0.2, 0) is 16.1 Å². The zero-order chi connectivity index (χ0) is 12.6. The topological polar surface area (TPSA) is 59.6 Å². The number of rotatable bonds is 4. The summed E-state index contributed by atoms with van der Waals surface area (Å²) in [5, 5.41) is 5.90. The molecule has 1 atom stereocenters. The van der Waals surface area contributed by atoms with Crippen LogP contribution >= 0.6 is 12.4 Å². The highest BCUT2D eigenvalue weighted by Crippen LogP contribution is 2.00. The third-order valence-corrected chi connectivity index (χ3v) is 2.69. The zero-order valence-electron chi connectivity index (χ0n) is 10.6. The predicted octanol–water partition coefficient (Wildman–Crippen LogP) is 1.32. The van der Waals surface area contributed by atoms with E-state index in [0.717, 1.165) is 18.7 Å². The van der Waals surface area contributed by atoms with E-state index in [1.807, 2.05) is 30.3 Å². The summed E-state index contributed by atoms with van der Waals surface area (Å²) in [6.07, 6.45) is -0.379. The fourth-order valence-electron chi connectivity index (χ4n) is 1.72. The lowest BCUT2D eigenvalue weighted by molar-refractivity contribution is 0.0281. The van der Waals surface area contributed by atoms with Crippen molar-refractivity contribution in [1.82, 2.24) is 10.6 Å². The van der Waals surface area contributed by atoms with Crippen molar-refractivity contribution in [1.29, 1.82) is 0 Å². The van der Waals surface area contributed by atoms with Crippen LogP contribution < -0.4 is 10.6 Å². The Bertz CT molecular complexity index is 369. The molecule has 1 aromatic rings. The molecular weight excluding hydrogens is 268 g/mol. The minimum Gasteiger partial charge on any atom is -0.445 e. The van der Waals surface area contributed by atoms with E-state index in [-0.39, 0.29) is 25.1 Å². The van der Waals surface area contributed by atoms with Crippen LogP contribution in [0.4, 0.5) is 4.79 Å². The van der Waals surface area contributed by atoms with Crippen LogP contribution in [0.2, 0.25) is 0 Å². The zero-order valence-corrected chi connectivity index (χ0v) is 11.4. The van der Waals surface area contributed by atoms with Gasteiger partial charge in [-0.1, -0.05) is 30.3 Å². The van der Waals surface area contributed by atoms with Gasteiger partial charge in [0.25, 0.3) is 0 Å². The molecule has 1 unspecified atom stereocenters. The summed E-state index contributed by atoms with van der Waals surface area (Å²) >= 11 is 0. The first kappa shape index (κ1) is 15.8. The number of carbonyl (C=O) groups is 1. The van der Waals surface area contributed by atoms with Gasteiger partial charge in [0.05, 0.1) is 12.7 Å². The largest absolute Gasteiger partial charge is 0.445 e. The summed E-state index contributed by atoms with van der Waals surface area (Å²) < 4.78 is 10.6. The Kier molecular flexibility index (Phi) is 7.25. The Balaban J connectivity index is 0.00000180. The van der Waals surface area contributed by atoms with Gasteiger partial charge in [0.2, 0.25) is 0 Å². The summed E-state index contributed by atoms with van der Waals surface area (Å²) in [7, 11) is 0. The lowest BCUT2D eigenvalue weighted by Crippen LogP contribution is -2.45. The van der Waals surface area contributed by atoms with Gasteiger partial charge < -0.3 is 20.1 Å². The Labute approximate surface area is 119 Å². The van der Waals surface area contributed by atoms with Crippen LogP contribution in [-0.4, -0.2) is 38.4 Å². The van der Waals surface area contributed by atoms with E-state index in [9.17, 15) is 4.79 Å². The maximum Gasteiger partial charge on any atom is 0.407 e. The summed E-state index contributed by atoms with van der Waals surface area (Å²) in [6, 6.07) is 9.59. The Morgan fingerprint density at radius 1 is 1.42 bits per heavy atom. The van der Waals surface area contributed by atoms with E-state index >= 15 is 0 Å². The molecular formula is C13H19ClN2O3. The maximum atomic E-state index is 11.4. The average molecular weight is 287 g/mol. The normalized spacial score (nSPS) is 18.2. The molecule has 0 bridgehead atoms. The maximum absolute atomic E-state index is 11.4. The third-order valence-electron chi connectivity index (χ3n) is 2.69. The molecule has 1 amide bonds. The van der Waals surface area contributed by atoms with Crippen LogP contribution in [0.15, 0.2) is 30.3 Å². The van der Waals surface area contributed by atoms with E-state index < -0.39 is 6.09 Å². The highest BCUT2D eigenvalue weighted by molar-refractivity contribution is 5.85. The molecule has 2 N–H and O–H groups in total. The van der Waals surface area contributed by atoms with Gasteiger partial charge in [-0.2, -0.15) is 0 Å². The number of hydrogen-bond acceptors (Lipinski definition) is 4. The van der Waals surface area contributed by atoms with Gasteiger partial charge in [0.1, 0.15) is 6.61 Å². The van der Waals surface area contributed by atoms with Crippen LogP contribution in [0.1, 0.15) is 5.56 Å². The highest BCUT2D eigenvalue weighted by Gasteiger charge is 2.14. The van der Waals surface area contributed by atoms with Gasteiger partial charge in [-0.25, -0.2) is 4.79 Å². The van der Waals surface area contributed by atoms with Crippen LogP contribution in [0, 0.1) is 0 Å². The van der Waals surface area contributed by atoms with Crippen molar-refractivity contribution in [2.45, 2.75) is 12.7 Å². The molecule has 106 valence electrons. The number of benzene rings is 1. The molecule has 1 aliphatic rings. The lowest BCUT2D eigenvalue weighted by Gasteiger charge is -2.23. The summed E-state index contributed by atoms with van der Waals surface area (Å²) in [6.45, 7) is 3.08. The molecule has 1 aromatic carbocycles. The van der Waals surface area contributed by atoms with E-state index in [0.29, 0.717) is 13.2 Å². The standard InChI is InChI=1S/C13H18N2O3.ClH/c16-13(15-9-12-8-14-6-7-17-12)18-10-11-4-2-1-3-5-11;/h1-5,12,14H,6-10H2,(H,15,16);1H. The van der Waals surface area contributed by atoms with E-state index in [1.54, 1.807) is 0 Å². The first-order valence-electron chi connectivity index (χ1n) is 6.11. The quantitative estimate of drug-likeness (QED) is 0.876. The van der Waals surface area contributed by atoms with Crippen molar-refractivity contribution in [2.75, 3.05) is 26.2 Å². The minimum absolute atomic E-state index is 0. The second-order valence-electron chi connectivity index (χ2n) is 4.14. The average Bonchev–Trinajstić information content (AvgIpc) is 2.45. The molecule has 0 radical (unpaired) electrons. The van der Waals surface area contributed by atoms with Gasteiger partial charge in [0, 0.05) is 19.6 Å². The first-order chi connectivity index (χ1) is 8.84. The molecule has 1 saturated heterocycles. The number of ether oxygens (including phenoxy) is 2. The van der Waals surface area contributed by atoms with Crippen molar-refractivity contribution in [3.8, 4) is 0 Å². The number of hydrogen-bond donors (Lipinski definition) is 2. The second-order valence-corrected chi connectivity index (χ2v) is 4.14. The van der Waals surface area contributed by atoms with E-state index in [4.69, 9.17) is 9.47 Å². The number of alkyl carbamates (subject to hydrolysis) is 1. The fourth-order valence-corrected chi connectivity index (χ4v) is 1.72. The van der Waals surface area contributed by atoms with E-state index in [1.165, 1.54) is 0 Å². The number of morpholine rings is 1. The molecule has 0 aliphatic carbocycles. The van der Waals surface area contributed by atoms with Gasteiger partial charge >= 0.3 is 6.09 Å². The molecule has 1 heterocycles. The van der Waals surface area contributed by atoms with Crippen molar-refractivity contribution < 1.29 is 14.3 Å². The summed E-state index contributed by atoms with van der Waals surface area (Å²) in [5.41, 5.74) is 0.975. The van der Waals surface area contributed by atoms with Gasteiger partial charge in [-0.15, -0.1) is 12.4 Å². The molecule has 0 saturated carbocycles. The molecule has 2 rings (SSSR count). The summed E-state index contributed by atoms with van der Waals surface area (Å²) in [5.74, 6) is 0. The molecule has 1 aliphatic heterocycles. The Hall–Kier alpha value is -1.30. The molecule has 0 aromatic heterocycles. The molecule has 5 nitrogen and oxygen atoms in total. The van der Waals surface area contributed by atoms with Crippen molar-refractivity contribution >= 4 is 18.5 Å². The van der Waals surface area contributed by atoms with Crippen LogP contribution in [0.5, 0.6) is 0 Å². The Morgan fingerprint density at radius 2 is 2.21 bits per heavy atom. The molecule has 19 heavy (non-hydrogen) atoms. The number of halogens is 1. The van der Waals surface area contributed by atoms with Crippen molar-refractivity contribution in [2.24, 2.45) is 0 Å². The molecule has 0 spiro atoms. The second kappa shape index (κ2) is 8.74. The highest BCUT2D eigenvalue weighted by atomic mass is 35.5. The van der Waals surface area contributed by atoms with Gasteiger partial charge in [-0.05, 0) is 5.56 Å². The van der Waals surface area contributed by atoms with E-state index in [2.05, 4.69) is 10.6 Å². The van der Waals surface area contributed by atoms with Gasteiger partial charge in [-0.3, -0.25) is 0 Å². The van der Waals surface area contributed by atoms with Gasteiger partial charge in [0.15, 0.2) is 0 Å². The number of carbonyl (C=O) groups excluding carboxylic acids is 1. The lowest BCUT2D eigenvalue weighted by atomic mass is 10.2. The van der Waals surface area contributed by atoms with Crippen LogP contribution in [0.3, 0.4) is 0 Å². The number of nitrogens with one attached hydrogen (secondary N) is 2. The molecule has 6 heteroatoms. The van der Waals surface area contributed by atoms with Crippen molar-refractivity contribution in [3.05, 3.63) is 35.9 Å². The Morgan fingerprint density at radius 3 is 2.89 bits per heavy atom. The smallest absolute Gasteiger partial charge is 0.407 e. The monoisotopic (exact) mass is 286 g/mol. The number of amides is 1. The minimum atomic E-state index is -0.409. The van der Waals surface area contributed by atoms with Crippen LogP contribution in [0.25, 0.3) is 0 Å². The SMILES string of the molecule is Cl.O=C(NCC1CNCCO1)OCc1ccccc1.